The molecule has 23 heavy (non-hydrogen) atoms. The van der Waals surface area contributed by atoms with Crippen LogP contribution in [0.25, 0.3) is 0 Å². The van der Waals surface area contributed by atoms with Gasteiger partial charge in [-0.05, 0) is 31.2 Å². The number of hydrogen-bond donors (Lipinski definition) is 2. The van der Waals surface area contributed by atoms with Crippen molar-refractivity contribution in [2.75, 3.05) is 33.3 Å². The van der Waals surface area contributed by atoms with E-state index in [1.807, 2.05) is 25.2 Å². The van der Waals surface area contributed by atoms with Gasteiger partial charge in [-0.2, -0.15) is 0 Å². The minimum Gasteiger partial charge on any atom is -0.491 e. The SMILES string of the molecule is CN1CC[C@@H](O)[C@H](C(=O)N2CCOc3ccc(CO)cc3C2)C1. The summed E-state index contributed by atoms with van der Waals surface area (Å²) in [6.07, 6.45) is 0.0498. The van der Waals surface area contributed by atoms with Crippen LogP contribution >= 0.6 is 0 Å². The summed E-state index contributed by atoms with van der Waals surface area (Å²) in [6, 6.07) is 5.55. The minimum absolute atomic E-state index is 0.0186. The first kappa shape index (κ1) is 16.2. The van der Waals surface area contributed by atoms with Crippen LogP contribution in [0.4, 0.5) is 0 Å². The molecule has 2 heterocycles. The lowest BCUT2D eigenvalue weighted by molar-refractivity contribution is -0.142. The van der Waals surface area contributed by atoms with Gasteiger partial charge in [-0.1, -0.05) is 6.07 Å². The number of aliphatic hydroxyl groups excluding tert-OH is 2. The summed E-state index contributed by atoms with van der Waals surface area (Å²) >= 11 is 0. The third-order valence-corrected chi connectivity index (χ3v) is 4.70. The molecular weight excluding hydrogens is 296 g/mol. The summed E-state index contributed by atoms with van der Waals surface area (Å²) in [5, 5.41) is 19.5. The molecule has 0 spiro atoms. The number of nitrogens with zero attached hydrogens (tertiary/aromatic N) is 2. The van der Waals surface area contributed by atoms with Crippen LogP contribution in [0.5, 0.6) is 5.75 Å². The predicted octanol–water partition coefficient (Wildman–Crippen LogP) is 0.212. The first-order valence-electron chi connectivity index (χ1n) is 8.09. The molecule has 1 saturated heterocycles. The van der Waals surface area contributed by atoms with Crippen molar-refractivity contribution in [2.45, 2.75) is 25.7 Å². The first-order valence-corrected chi connectivity index (χ1v) is 8.09. The highest BCUT2D eigenvalue weighted by Crippen LogP contribution is 2.26. The van der Waals surface area contributed by atoms with Gasteiger partial charge in [0.05, 0.1) is 25.2 Å². The van der Waals surface area contributed by atoms with Crippen molar-refractivity contribution in [3.63, 3.8) is 0 Å². The quantitative estimate of drug-likeness (QED) is 0.815. The fourth-order valence-electron chi connectivity index (χ4n) is 3.31. The van der Waals surface area contributed by atoms with Gasteiger partial charge in [0.2, 0.25) is 5.91 Å². The monoisotopic (exact) mass is 320 g/mol. The molecule has 126 valence electrons. The lowest BCUT2D eigenvalue weighted by Gasteiger charge is -2.35. The van der Waals surface area contributed by atoms with E-state index >= 15 is 0 Å². The Balaban J connectivity index is 1.78. The number of amides is 1. The van der Waals surface area contributed by atoms with Crippen LogP contribution in [-0.4, -0.2) is 65.3 Å². The second kappa shape index (κ2) is 6.86. The van der Waals surface area contributed by atoms with Crippen molar-refractivity contribution < 1.29 is 19.7 Å². The summed E-state index contributed by atoms with van der Waals surface area (Å²) < 4.78 is 5.72. The van der Waals surface area contributed by atoms with Gasteiger partial charge in [0.15, 0.2) is 0 Å². The molecule has 0 radical (unpaired) electrons. The van der Waals surface area contributed by atoms with Gasteiger partial charge in [-0.15, -0.1) is 0 Å². The van der Waals surface area contributed by atoms with E-state index < -0.39 is 6.10 Å². The van der Waals surface area contributed by atoms with E-state index in [1.54, 1.807) is 4.90 Å². The van der Waals surface area contributed by atoms with E-state index in [1.165, 1.54) is 0 Å². The lowest BCUT2D eigenvalue weighted by atomic mass is 9.93. The van der Waals surface area contributed by atoms with Crippen molar-refractivity contribution in [3.8, 4) is 5.75 Å². The van der Waals surface area contributed by atoms with Gasteiger partial charge in [0.1, 0.15) is 12.4 Å². The molecule has 2 N–H and O–H groups in total. The highest BCUT2D eigenvalue weighted by atomic mass is 16.5. The molecule has 2 aliphatic rings. The molecule has 2 aliphatic heterocycles. The Labute approximate surface area is 136 Å². The highest BCUT2D eigenvalue weighted by molar-refractivity contribution is 5.80. The summed E-state index contributed by atoms with van der Waals surface area (Å²) in [7, 11) is 1.97. The van der Waals surface area contributed by atoms with E-state index in [-0.39, 0.29) is 18.4 Å². The molecule has 6 nitrogen and oxygen atoms in total. The molecule has 3 rings (SSSR count). The number of likely N-dealkylation sites (tertiary alicyclic amines) is 1. The number of ether oxygens (including phenoxy) is 1. The number of piperidine rings is 1. The Kier molecular flexibility index (Phi) is 4.84. The summed E-state index contributed by atoms with van der Waals surface area (Å²) in [4.78, 5) is 16.7. The number of benzene rings is 1. The van der Waals surface area contributed by atoms with Gasteiger partial charge in [0, 0.05) is 25.2 Å². The van der Waals surface area contributed by atoms with Crippen molar-refractivity contribution in [1.82, 2.24) is 9.80 Å². The molecular formula is C17H24N2O4. The summed E-state index contributed by atoms with van der Waals surface area (Å²) in [5.74, 6) is 0.366. The third kappa shape index (κ3) is 3.49. The zero-order chi connectivity index (χ0) is 16.4. The third-order valence-electron chi connectivity index (χ3n) is 4.70. The van der Waals surface area contributed by atoms with Crippen molar-refractivity contribution in [3.05, 3.63) is 29.3 Å². The number of aliphatic hydroxyl groups is 2. The van der Waals surface area contributed by atoms with Crippen molar-refractivity contribution >= 4 is 5.91 Å². The largest absolute Gasteiger partial charge is 0.491 e. The normalized spacial score (nSPS) is 25.4. The highest BCUT2D eigenvalue weighted by Gasteiger charge is 2.35. The Hall–Kier alpha value is -1.63. The van der Waals surface area contributed by atoms with Gasteiger partial charge >= 0.3 is 0 Å². The molecule has 2 atom stereocenters. The Morgan fingerprint density at radius 2 is 2.22 bits per heavy atom. The fraction of sp³-hybridized carbons (Fsp3) is 0.588. The first-order chi connectivity index (χ1) is 11.1. The average molecular weight is 320 g/mol. The Morgan fingerprint density at radius 3 is 3.00 bits per heavy atom. The number of carbonyl (C=O) groups excluding carboxylic acids is 1. The zero-order valence-corrected chi connectivity index (χ0v) is 13.4. The Bertz CT molecular complexity index is 578. The van der Waals surface area contributed by atoms with E-state index in [4.69, 9.17) is 4.74 Å². The molecule has 1 aromatic carbocycles. The maximum atomic E-state index is 12.9. The van der Waals surface area contributed by atoms with Gasteiger partial charge in [0.25, 0.3) is 0 Å². The Morgan fingerprint density at radius 1 is 1.39 bits per heavy atom. The molecule has 1 fully saturated rings. The number of rotatable bonds is 2. The second-order valence-electron chi connectivity index (χ2n) is 6.43. The smallest absolute Gasteiger partial charge is 0.230 e. The van der Waals surface area contributed by atoms with E-state index in [0.717, 1.165) is 23.4 Å². The van der Waals surface area contributed by atoms with Crippen LogP contribution in [-0.2, 0) is 17.9 Å². The fourth-order valence-corrected chi connectivity index (χ4v) is 3.31. The maximum Gasteiger partial charge on any atom is 0.230 e. The van der Waals surface area contributed by atoms with Crippen LogP contribution in [0.3, 0.4) is 0 Å². The standard InChI is InChI=1S/C17H24N2O4/c1-18-5-4-15(21)14(10-18)17(22)19-6-7-23-16-3-2-12(11-20)8-13(16)9-19/h2-3,8,14-15,20-21H,4-7,9-11H2,1H3/t14-,15-/m1/s1. The summed E-state index contributed by atoms with van der Waals surface area (Å²) in [6.45, 7) is 2.77. The van der Waals surface area contributed by atoms with E-state index in [2.05, 4.69) is 4.90 Å². The van der Waals surface area contributed by atoms with Gasteiger partial charge < -0.3 is 24.7 Å². The van der Waals surface area contributed by atoms with Gasteiger partial charge in [-0.25, -0.2) is 0 Å². The molecule has 0 aromatic heterocycles. The topological polar surface area (TPSA) is 73.2 Å². The molecule has 0 aliphatic carbocycles. The van der Waals surface area contributed by atoms with Crippen LogP contribution in [0.15, 0.2) is 18.2 Å². The van der Waals surface area contributed by atoms with Crippen molar-refractivity contribution in [1.29, 1.82) is 0 Å². The molecule has 0 bridgehead atoms. The van der Waals surface area contributed by atoms with Crippen LogP contribution in [0.2, 0.25) is 0 Å². The molecule has 1 amide bonds. The van der Waals surface area contributed by atoms with E-state index in [0.29, 0.717) is 32.7 Å². The van der Waals surface area contributed by atoms with E-state index in [9.17, 15) is 15.0 Å². The number of carbonyl (C=O) groups is 1. The number of hydrogen-bond acceptors (Lipinski definition) is 5. The average Bonchev–Trinajstić information content (AvgIpc) is 2.77. The molecule has 0 saturated carbocycles. The minimum atomic E-state index is -0.578. The molecule has 6 heteroatoms. The maximum absolute atomic E-state index is 12.9. The summed E-state index contributed by atoms with van der Waals surface area (Å²) in [5.41, 5.74) is 1.71. The second-order valence-corrected chi connectivity index (χ2v) is 6.43. The van der Waals surface area contributed by atoms with Crippen molar-refractivity contribution in [2.24, 2.45) is 5.92 Å². The van der Waals surface area contributed by atoms with Crippen LogP contribution in [0, 0.1) is 5.92 Å². The predicted molar refractivity (Wildman–Crippen MR) is 84.9 cm³/mol. The van der Waals surface area contributed by atoms with Crippen LogP contribution < -0.4 is 4.74 Å². The molecule has 0 unspecified atom stereocenters. The lowest BCUT2D eigenvalue weighted by Crippen LogP contribution is -2.50. The molecule has 1 aromatic rings. The zero-order valence-electron chi connectivity index (χ0n) is 13.4. The van der Waals surface area contributed by atoms with Crippen LogP contribution in [0.1, 0.15) is 17.5 Å². The number of fused-ring (bicyclic) bond motifs is 1. The van der Waals surface area contributed by atoms with Gasteiger partial charge in [-0.3, -0.25) is 4.79 Å².